The molecule has 0 aromatic heterocycles. The lowest BCUT2D eigenvalue weighted by atomic mass is 9.43. The zero-order chi connectivity index (χ0) is 25.1. The van der Waals surface area contributed by atoms with Crippen molar-refractivity contribution < 1.29 is 9.53 Å². The Balaban J connectivity index is 1.61. The van der Waals surface area contributed by atoms with E-state index < -0.39 is 0 Å². The molecule has 4 rings (SSSR count). The molecular weight excluding hydrogens is 416 g/mol. The van der Waals surface area contributed by atoms with Crippen LogP contribution < -0.4 is 0 Å². The highest BCUT2D eigenvalue weighted by Gasteiger charge is 2.63. The second-order valence-electron chi connectivity index (χ2n) is 14.6. The molecule has 2 heteroatoms. The van der Waals surface area contributed by atoms with E-state index in [1.54, 1.807) is 6.92 Å². The molecule has 0 amide bonds. The minimum atomic E-state index is -0.113. The van der Waals surface area contributed by atoms with Gasteiger partial charge in [-0.1, -0.05) is 85.8 Å². The van der Waals surface area contributed by atoms with Crippen LogP contribution in [-0.4, -0.2) is 12.1 Å². The van der Waals surface area contributed by atoms with E-state index in [2.05, 4.69) is 55.4 Å². The summed E-state index contributed by atoms with van der Waals surface area (Å²) in [6.45, 7) is 21.6. The Morgan fingerprint density at radius 3 is 2.26 bits per heavy atom. The van der Waals surface area contributed by atoms with E-state index in [1.807, 2.05) is 11.1 Å². The predicted molar refractivity (Wildman–Crippen MR) is 142 cm³/mol. The second kappa shape index (κ2) is 8.95. The Kier molecular flexibility index (Phi) is 6.92. The topological polar surface area (TPSA) is 26.3 Å². The Labute approximate surface area is 211 Å². The largest absolute Gasteiger partial charge is 0.462 e. The highest BCUT2D eigenvalue weighted by molar-refractivity contribution is 5.66. The van der Waals surface area contributed by atoms with Crippen LogP contribution in [0.1, 0.15) is 133 Å². The molecule has 4 aliphatic rings. The summed E-state index contributed by atoms with van der Waals surface area (Å²) in [6, 6.07) is 0. The van der Waals surface area contributed by atoms with Crippen molar-refractivity contribution in [3.05, 3.63) is 11.1 Å². The lowest BCUT2D eigenvalue weighted by Crippen LogP contribution is -2.55. The first-order valence-corrected chi connectivity index (χ1v) is 14.7. The molecule has 0 aliphatic heterocycles. The van der Waals surface area contributed by atoms with Crippen molar-refractivity contribution in [2.24, 2.45) is 45.3 Å². The molecule has 0 heterocycles. The second-order valence-corrected chi connectivity index (χ2v) is 14.6. The third kappa shape index (κ3) is 3.92. The number of hydrogen-bond acceptors (Lipinski definition) is 2. The fourth-order valence-electron chi connectivity index (χ4n) is 10.1. The Bertz CT molecular complexity index is 821. The van der Waals surface area contributed by atoms with E-state index in [4.69, 9.17) is 4.74 Å². The molecule has 0 radical (unpaired) electrons. The van der Waals surface area contributed by atoms with Gasteiger partial charge < -0.3 is 4.74 Å². The van der Waals surface area contributed by atoms with Gasteiger partial charge in [-0.15, -0.1) is 0 Å². The molecular formula is C32H54O2. The van der Waals surface area contributed by atoms with Crippen LogP contribution in [0, 0.1) is 45.3 Å². The van der Waals surface area contributed by atoms with E-state index in [1.165, 1.54) is 64.2 Å². The number of carbonyl (C=O) groups is 1. The van der Waals surface area contributed by atoms with Crippen molar-refractivity contribution in [1.29, 1.82) is 0 Å². The molecule has 0 bridgehead atoms. The van der Waals surface area contributed by atoms with Gasteiger partial charge in [0.05, 0.1) is 0 Å². The number of carbonyl (C=O) groups excluding carboxylic acids is 1. The molecule has 0 saturated heterocycles. The summed E-state index contributed by atoms with van der Waals surface area (Å²) >= 11 is 0. The Hall–Kier alpha value is -0.790. The van der Waals surface area contributed by atoms with Crippen molar-refractivity contribution in [2.75, 3.05) is 0 Å². The maximum Gasteiger partial charge on any atom is 0.302 e. The van der Waals surface area contributed by atoms with Crippen LogP contribution in [0.5, 0.6) is 0 Å². The van der Waals surface area contributed by atoms with Crippen LogP contribution in [0.4, 0.5) is 0 Å². The fraction of sp³-hybridized carbons (Fsp3) is 0.906. The maximum absolute atomic E-state index is 11.8. The predicted octanol–water partition coefficient (Wildman–Crippen LogP) is 9.13. The molecule has 34 heavy (non-hydrogen) atoms. The summed E-state index contributed by atoms with van der Waals surface area (Å²) in [5.74, 6) is 3.04. The number of esters is 1. The number of hydrogen-bond donors (Lipinski definition) is 0. The van der Waals surface area contributed by atoms with E-state index >= 15 is 0 Å². The number of ether oxygens (including phenoxy) is 1. The summed E-state index contributed by atoms with van der Waals surface area (Å²) in [5, 5.41) is 0. The maximum atomic E-state index is 11.8. The standard InChI is InChI=1S/C32H54O2/c1-21(2)11-10-12-22(3)24-15-19-32(9)26-13-14-27-29(5,6)28(34-23(4)33)17-18-30(27,7)25(26)16-20-31(24,32)8/h21-22,24,27-28H,10-20H2,1-9H3/t22-,24+,27+,28?,30?,31+,32-/m1/s1. The van der Waals surface area contributed by atoms with Gasteiger partial charge in [0, 0.05) is 12.3 Å². The summed E-state index contributed by atoms with van der Waals surface area (Å²) < 4.78 is 5.87. The van der Waals surface area contributed by atoms with E-state index in [0.717, 1.165) is 24.2 Å². The van der Waals surface area contributed by atoms with E-state index in [-0.39, 0.29) is 22.9 Å². The van der Waals surface area contributed by atoms with Crippen molar-refractivity contribution >= 4 is 5.97 Å². The summed E-state index contributed by atoms with van der Waals surface area (Å²) in [6.07, 6.45) is 14.5. The van der Waals surface area contributed by atoms with Gasteiger partial charge in [0.1, 0.15) is 6.10 Å². The van der Waals surface area contributed by atoms with Crippen LogP contribution >= 0.6 is 0 Å². The van der Waals surface area contributed by atoms with Gasteiger partial charge >= 0.3 is 5.97 Å². The average molecular weight is 471 g/mol. The molecule has 2 fully saturated rings. The lowest BCUT2D eigenvalue weighted by molar-refractivity contribution is -0.167. The van der Waals surface area contributed by atoms with Crippen molar-refractivity contribution in [3.8, 4) is 0 Å². The van der Waals surface area contributed by atoms with Crippen LogP contribution in [-0.2, 0) is 9.53 Å². The van der Waals surface area contributed by atoms with Crippen LogP contribution in [0.15, 0.2) is 11.1 Å². The van der Waals surface area contributed by atoms with Crippen LogP contribution in [0.3, 0.4) is 0 Å². The lowest BCUT2D eigenvalue weighted by Gasteiger charge is -2.62. The smallest absolute Gasteiger partial charge is 0.302 e. The SMILES string of the molecule is CC(=O)OC1CCC2(C)C3=C(CC[C@H]2C1(C)C)[C@@]1(C)CC[C@@H]([C@H](C)CCCC(C)C)[C@]1(C)CC3. The summed E-state index contributed by atoms with van der Waals surface area (Å²) in [4.78, 5) is 11.8. The quantitative estimate of drug-likeness (QED) is 0.286. The summed E-state index contributed by atoms with van der Waals surface area (Å²) in [7, 11) is 0. The van der Waals surface area contributed by atoms with Gasteiger partial charge in [-0.2, -0.15) is 0 Å². The third-order valence-electron chi connectivity index (χ3n) is 12.2. The van der Waals surface area contributed by atoms with Crippen molar-refractivity contribution in [1.82, 2.24) is 0 Å². The van der Waals surface area contributed by atoms with Crippen molar-refractivity contribution in [3.63, 3.8) is 0 Å². The molecule has 0 aromatic carbocycles. The molecule has 7 atom stereocenters. The molecule has 0 aromatic rings. The van der Waals surface area contributed by atoms with Gasteiger partial charge in [-0.3, -0.25) is 4.79 Å². The first-order chi connectivity index (χ1) is 15.8. The van der Waals surface area contributed by atoms with Gasteiger partial charge in [-0.05, 0) is 91.3 Å². The zero-order valence-electron chi connectivity index (χ0n) is 24.0. The number of rotatable bonds is 6. The number of allylic oxidation sites excluding steroid dienone is 2. The van der Waals surface area contributed by atoms with E-state index in [0.29, 0.717) is 16.7 Å². The first-order valence-electron chi connectivity index (χ1n) is 14.7. The summed E-state index contributed by atoms with van der Waals surface area (Å²) in [5.41, 5.74) is 4.87. The normalized spacial score (nSPS) is 42.1. The van der Waals surface area contributed by atoms with Gasteiger partial charge in [0.15, 0.2) is 0 Å². The fourth-order valence-corrected chi connectivity index (χ4v) is 10.1. The van der Waals surface area contributed by atoms with Gasteiger partial charge in [-0.25, -0.2) is 0 Å². The molecule has 2 unspecified atom stereocenters. The molecule has 194 valence electrons. The molecule has 4 aliphatic carbocycles. The van der Waals surface area contributed by atoms with Gasteiger partial charge in [0.2, 0.25) is 0 Å². The van der Waals surface area contributed by atoms with E-state index in [9.17, 15) is 4.79 Å². The number of fused-ring (bicyclic) bond motifs is 4. The van der Waals surface area contributed by atoms with Gasteiger partial charge in [0.25, 0.3) is 0 Å². The molecule has 2 nitrogen and oxygen atoms in total. The molecule has 0 spiro atoms. The molecule has 0 N–H and O–H groups in total. The minimum Gasteiger partial charge on any atom is -0.462 e. The zero-order valence-corrected chi connectivity index (χ0v) is 24.0. The van der Waals surface area contributed by atoms with Crippen LogP contribution in [0.2, 0.25) is 0 Å². The van der Waals surface area contributed by atoms with Crippen molar-refractivity contribution in [2.45, 2.75) is 139 Å². The average Bonchev–Trinajstić information content (AvgIpc) is 3.01. The Morgan fingerprint density at radius 2 is 1.62 bits per heavy atom. The first kappa shape index (κ1) is 26.3. The highest BCUT2D eigenvalue weighted by atomic mass is 16.5. The minimum absolute atomic E-state index is 0.0436. The third-order valence-corrected chi connectivity index (χ3v) is 12.2. The monoisotopic (exact) mass is 470 g/mol. The van der Waals surface area contributed by atoms with Crippen LogP contribution in [0.25, 0.3) is 0 Å². The molecule has 2 saturated carbocycles. The Morgan fingerprint density at radius 1 is 0.912 bits per heavy atom. The highest BCUT2D eigenvalue weighted by Crippen LogP contribution is 2.72.